The van der Waals surface area contributed by atoms with Crippen molar-refractivity contribution in [3.63, 3.8) is 0 Å². The largest absolute Gasteiger partial charge is 0.304 e. The first kappa shape index (κ1) is 14.7. The summed E-state index contributed by atoms with van der Waals surface area (Å²) >= 11 is 0. The number of benzene rings is 1. The Hall–Kier alpha value is -1.67. The van der Waals surface area contributed by atoms with Crippen LogP contribution < -0.4 is 5.32 Å². The molecule has 2 aromatic rings. The molecule has 1 unspecified atom stereocenters. The summed E-state index contributed by atoms with van der Waals surface area (Å²) in [5, 5.41) is 3.66. The Labute approximate surface area is 122 Å². The Morgan fingerprint density at radius 3 is 2.45 bits per heavy atom. The predicted molar refractivity (Wildman–Crippen MR) is 84.5 cm³/mol. The number of rotatable bonds is 6. The van der Waals surface area contributed by atoms with Gasteiger partial charge in [0.15, 0.2) is 0 Å². The predicted octanol–water partition coefficient (Wildman–Crippen LogP) is 4.13. The topological polar surface area (TPSA) is 24.9 Å². The summed E-state index contributed by atoms with van der Waals surface area (Å²) in [6.45, 7) is 7.51. The molecule has 1 atom stereocenters. The summed E-state index contributed by atoms with van der Waals surface area (Å²) < 4.78 is 0. The second-order valence-electron chi connectivity index (χ2n) is 5.48. The summed E-state index contributed by atoms with van der Waals surface area (Å²) in [4.78, 5) is 4.51. The number of hydrogen-bond donors (Lipinski definition) is 1. The van der Waals surface area contributed by atoms with Gasteiger partial charge in [0, 0.05) is 18.8 Å². The number of aromatic nitrogens is 1. The molecule has 0 saturated carbocycles. The third-order valence-electron chi connectivity index (χ3n) is 3.68. The fourth-order valence-electron chi connectivity index (χ4n) is 2.56. The molecule has 1 N–H and O–H groups in total. The number of hydrogen-bond acceptors (Lipinski definition) is 2. The average Bonchev–Trinajstić information content (AvgIpc) is 2.48. The minimum absolute atomic E-state index is 0.364. The molecular formula is C18H24N2. The summed E-state index contributed by atoms with van der Waals surface area (Å²) in [5.74, 6) is 0.547. The van der Waals surface area contributed by atoms with Crippen LogP contribution in [0.3, 0.4) is 0 Å². The maximum absolute atomic E-state index is 4.51. The molecule has 1 aromatic carbocycles. The van der Waals surface area contributed by atoms with Gasteiger partial charge in [0.1, 0.15) is 0 Å². The summed E-state index contributed by atoms with van der Waals surface area (Å²) in [6, 6.07) is 15.2. The maximum atomic E-state index is 4.51. The van der Waals surface area contributed by atoms with Crippen molar-refractivity contribution in [2.24, 2.45) is 5.92 Å². The van der Waals surface area contributed by atoms with Gasteiger partial charge in [-0.15, -0.1) is 0 Å². The highest BCUT2D eigenvalue weighted by Gasteiger charge is 2.15. The molecule has 0 fully saturated rings. The summed E-state index contributed by atoms with van der Waals surface area (Å²) in [5.41, 5.74) is 3.84. The van der Waals surface area contributed by atoms with Gasteiger partial charge in [-0.05, 0) is 29.5 Å². The highest BCUT2D eigenvalue weighted by atomic mass is 14.9. The van der Waals surface area contributed by atoms with Gasteiger partial charge in [-0.25, -0.2) is 0 Å². The zero-order chi connectivity index (χ0) is 14.4. The van der Waals surface area contributed by atoms with Crippen LogP contribution >= 0.6 is 0 Å². The van der Waals surface area contributed by atoms with Crippen LogP contribution in [0, 0.1) is 5.92 Å². The maximum Gasteiger partial charge on any atom is 0.0573 e. The summed E-state index contributed by atoms with van der Waals surface area (Å²) in [6.07, 6.45) is 2.91. The van der Waals surface area contributed by atoms with Crippen molar-refractivity contribution in [2.45, 2.75) is 39.8 Å². The molecular weight excluding hydrogens is 244 g/mol. The molecule has 1 aromatic heterocycles. The van der Waals surface area contributed by atoms with E-state index in [1.807, 2.05) is 12.3 Å². The monoisotopic (exact) mass is 268 g/mol. The Kier molecular flexibility index (Phi) is 5.31. The molecule has 0 spiro atoms. The molecule has 0 aliphatic carbocycles. The van der Waals surface area contributed by atoms with E-state index in [4.69, 9.17) is 0 Å². The van der Waals surface area contributed by atoms with Gasteiger partial charge in [-0.3, -0.25) is 4.98 Å². The van der Waals surface area contributed by atoms with Crippen LogP contribution in [0.25, 0.3) is 0 Å². The first-order valence-electron chi connectivity index (χ1n) is 7.43. The second kappa shape index (κ2) is 7.20. The van der Waals surface area contributed by atoms with Gasteiger partial charge in [0.2, 0.25) is 0 Å². The lowest BCUT2D eigenvalue weighted by Crippen LogP contribution is -2.26. The van der Waals surface area contributed by atoms with Crippen LogP contribution in [-0.4, -0.2) is 4.98 Å². The Morgan fingerprint density at radius 1 is 1.05 bits per heavy atom. The minimum Gasteiger partial charge on any atom is -0.304 e. The zero-order valence-electron chi connectivity index (χ0n) is 12.6. The number of pyridine rings is 1. The van der Waals surface area contributed by atoms with Crippen molar-refractivity contribution in [1.82, 2.24) is 10.3 Å². The molecule has 0 radical (unpaired) electrons. The van der Waals surface area contributed by atoms with E-state index in [2.05, 4.69) is 67.5 Å². The van der Waals surface area contributed by atoms with Crippen molar-refractivity contribution in [3.05, 3.63) is 65.5 Å². The van der Waals surface area contributed by atoms with Gasteiger partial charge in [-0.1, -0.05) is 57.2 Å². The Balaban J connectivity index is 2.10. The van der Waals surface area contributed by atoms with Crippen LogP contribution in [0.2, 0.25) is 0 Å². The van der Waals surface area contributed by atoms with E-state index < -0.39 is 0 Å². The Bertz CT molecular complexity index is 520. The molecule has 0 amide bonds. The lowest BCUT2D eigenvalue weighted by molar-refractivity contribution is 0.408. The number of nitrogens with one attached hydrogen (secondary N) is 1. The molecule has 0 saturated heterocycles. The number of nitrogens with zero attached hydrogens (tertiary/aromatic N) is 1. The first-order chi connectivity index (χ1) is 9.72. The van der Waals surface area contributed by atoms with Gasteiger partial charge < -0.3 is 5.32 Å². The summed E-state index contributed by atoms with van der Waals surface area (Å²) in [7, 11) is 0. The standard InChI is InChI=1S/C18H24N2/c1-4-15-11-8-12-19-17(15)13-20-18(14(2)3)16-9-6-5-7-10-16/h5-12,14,18,20H,4,13H2,1-3H3. The molecule has 0 aliphatic rings. The smallest absolute Gasteiger partial charge is 0.0573 e. The van der Waals surface area contributed by atoms with Crippen molar-refractivity contribution in [3.8, 4) is 0 Å². The Morgan fingerprint density at radius 2 is 1.80 bits per heavy atom. The normalized spacial score (nSPS) is 12.6. The quantitative estimate of drug-likeness (QED) is 0.852. The van der Waals surface area contributed by atoms with Gasteiger partial charge >= 0.3 is 0 Å². The van der Waals surface area contributed by atoms with Crippen molar-refractivity contribution >= 4 is 0 Å². The molecule has 2 rings (SSSR count). The fourth-order valence-corrected chi connectivity index (χ4v) is 2.56. The molecule has 0 bridgehead atoms. The number of aryl methyl sites for hydroxylation is 1. The van der Waals surface area contributed by atoms with Crippen LogP contribution in [0.4, 0.5) is 0 Å². The third kappa shape index (κ3) is 3.67. The van der Waals surface area contributed by atoms with Crippen molar-refractivity contribution in [1.29, 1.82) is 0 Å². The van der Waals surface area contributed by atoms with E-state index in [-0.39, 0.29) is 0 Å². The molecule has 2 nitrogen and oxygen atoms in total. The lowest BCUT2D eigenvalue weighted by Gasteiger charge is -2.23. The van der Waals surface area contributed by atoms with E-state index in [0.717, 1.165) is 18.7 Å². The van der Waals surface area contributed by atoms with Crippen LogP contribution in [0.5, 0.6) is 0 Å². The van der Waals surface area contributed by atoms with E-state index >= 15 is 0 Å². The van der Waals surface area contributed by atoms with Crippen LogP contribution in [-0.2, 0) is 13.0 Å². The molecule has 2 heteroatoms. The molecule has 1 heterocycles. The van der Waals surface area contributed by atoms with E-state index in [1.54, 1.807) is 0 Å². The first-order valence-corrected chi connectivity index (χ1v) is 7.43. The van der Waals surface area contributed by atoms with Crippen LogP contribution in [0.1, 0.15) is 43.6 Å². The highest BCUT2D eigenvalue weighted by molar-refractivity contribution is 5.22. The van der Waals surface area contributed by atoms with E-state index in [9.17, 15) is 0 Å². The zero-order valence-corrected chi connectivity index (χ0v) is 12.6. The third-order valence-corrected chi connectivity index (χ3v) is 3.68. The molecule has 106 valence electrons. The molecule has 20 heavy (non-hydrogen) atoms. The van der Waals surface area contributed by atoms with Crippen molar-refractivity contribution in [2.75, 3.05) is 0 Å². The van der Waals surface area contributed by atoms with Gasteiger partial charge in [-0.2, -0.15) is 0 Å². The fraction of sp³-hybridized carbons (Fsp3) is 0.389. The van der Waals surface area contributed by atoms with E-state index in [1.165, 1.54) is 11.1 Å². The van der Waals surface area contributed by atoms with E-state index in [0.29, 0.717) is 12.0 Å². The van der Waals surface area contributed by atoms with Gasteiger partial charge in [0.25, 0.3) is 0 Å². The average molecular weight is 268 g/mol. The second-order valence-corrected chi connectivity index (χ2v) is 5.48. The minimum atomic E-state index is 0.364. The highest BCUT2D eigenvalue weighted by Crippen LogP contribution is 2.22. The SMILES string of the molecule is CCc1cccnc1CNC(c1ccccc1)C(C)C. The van der Waals surface area contributed by atoms with Gasteiger partial charge in [0.05, 0.1) is 5.69 Å². The van der Waals surface area contributed by atoms with Crippen LogP contribution in [0.15, 0.2) is 48.7 Å². The van der Waals surface area contributed by atoms with Crippen molar-refractivity contribution < 1.29 is 0 Å². The lowest BCUT2D eigenvalue weighted by atomic mass is 9.96. The molecule has 0 aliphatic heterocycles.